The highest BCUT2D eigenvalue weighted by Gasteiger charge is 2.29. The van der Waals surface area contributed by atoms with Crippen molar-refractivity contribution >= 4 is 35.6 Å². The molecule has 0 unspecified atom stereocenters. The first-order valence-electron chi connectivity index (χ1n) is 9.01. The SMILES string of the molecule is CN(C)C=Nc1ccc(Cl)c[n+]1C/C(=C1/N=C(c2ccccc2)OC1=O)N(C)C. The van der Waals surface area contributed by atoms with Crippen LogP contribution < -0.4 is 4.57 Å². The molecule has 3 rings (SSSR count). The van der Waals surface area contributed by atoms with Crippen LogP contribution in [0.2, 0.25) is 5.02 Å². The topological polar surface area (TPSA) is 61.4 Å². The first-order chi connectivity index (χ1) is 13.8. The highest BCUT2D eigenvalue weighted by molar-refractivity contribution is 6.30. The molecule has 0 bridgehead atoms. The Balaban J connectivity index is 2.02. The van der Waals surface area contributed by atoms with Crippen LogP contribution in [0.15, 0.2) is 70.0 Å². The minimum absolute atomic E-state index is 0.267. The van der Waals surface area contributed by atoms with Crippen LogP contribution >= 0.6 is 11.6 Å². The summed E-state index contributed by atoms with van der Waals surface area (Å²) in [6.45, 7) is 0.351. The van der Waals surface area contributed by atoms with Crippen molar-refractivity contribution in [2.75, 3.05) is 28.2 Å². The van der Waals surface area contributed by atoms with E-state index in [-0.39, 0.29) is 5.70 Å². The Morgan fingerprint density at radius 3 is 2.55 bits per heavy atom. The van der Waals surface area contributed by atoms with Crippen LogP contribution in [0.5, 0.6) is 0 Å². The van der Waals surface area contributed by atoms with Gasteiger partial charge in [-0.2, -0.15) is 0 Å². The number of ether oxygens (including phenoxy) is 1. The highest BCUT2D eigenvalue weighted by Crippen LogP contribution is 2.22. The van der Waals surface area contributed by atoms with Crippen molar-refractivity contribution in [2.45, 2.75) is 6.54 Å². The number of hydrogen-bond acceptors (Lipinski definition) is 5. The van der Waals surface area contributed by atoms with E-state index in [4.69, 9.17) is 16.3 Å². The number of nitrogens with zero attached hydrogens (tertiary/aromatic N) is 5. The predicted octanol–water partition coefficient (Wildman–Crippen LogP) is 2.63. The molecular formula is C21H23ClN5O2+. The van der Waals surface area contributed by atoms with Crippen molar-refractivity contribution in [1.82, 2.24) is 9.80 Å². The molecule has 0 radical (unpaired) electrons. The Kier molecular flexibility index (Phi) is 6.29. The zero-order valence-electron chi connectivity index (χ0n) is 16.8. The molecule has 0 atom stereocenters. The Morgan fingerprint density at radius 2 is 1.90 bits per heavy atom. The standard InChI is InChI=1S/C21H23ClN5O2/c1-25(2)14-23-18-11-10-16(22)12-27(18)13-17(26(3)4)19-21(28)29-20(24-19)15-8-6-5-7-9-15/h5-12,14H,13H2,1-4H3/q+1/b19-17-. The van der Waals surface area contributed by atoms with Crippen LogP contribution in [-0.4, -0.2) is 56.2 Å². The third kappa shape index (κ3) is 5.00. The summed E-state index contributed by atoms with van der Waals surface area (Å²) in [4.78, 5) is 25.2. The Bertz CT molecular complexity index is 997. The largest absolute Gasteiger partial charge is 0.402 e. The van der Waals surface area contributed by atoms with Gasteiger partial charge in [-0.05, 0) is 23.2 Å². The normalized spacial score (nSPS) is 15.3. The van der Waals surface area contributed by atoms with Gasteiger partial charge in [0.1, 0.15) is 12.7 Å². The molecule has 2 heterocycles. The molecule has 0 aliphatic carbocycles. The van der Waals surface area contributed by atoms with E-state index in [1.807, 2.05) is 79.0 Å². The number of aromatic nitrogens is 1. The summed E-state index contributed by atoms with van der Waals surface area (Å²) in [5.41, 5.74) is 1.71. The molecule has 0 fully saturated rings. The van der Waals surface area contributed by atoms with Crippen LogP contribution in [0.3, 0.4) is 0 Å². The number of allylic oxidation sites excluding steroid dienone is 1. The maximum atomic E-state index is 12.6. The van der Waals surface area contributed by atoms with Crippen molar-refractivity contribution in [1.29, 1.82) is 0 Å². The summed E-state index contributed by atoms with van der Waals surface area (Å²) in [5.74, 6) is 0.516. The lowest BCUT2D eigenvalue weighted by Crippen LogP contribution is -2.38. The molecule has 1 aliphatic heterocycles. The van der Waals surface area contributed by atoms with Gasteiger partial charge < -0.3 is 14.5 Å². The summed E-state index contributed by atoms with van der Waals surface area (Å²) < 4.78 is 7.29. The number of pyridine rings is 1. The van der Waals surface area contributed by atoms with Crippen LogP contribution in [0.1, 0.15) is 5.56 Å². The van der Waals surface area contributed by atoms with E-state index in [1.54, 1.807) is 18.6 Å². The number of likely N-dealkylation sites (N-methyl/N-ethyl adjacent to an activating group) is 1. The number of cyclic esters (lactones) is 1. The lowest BCUT2D eigenvalue weighted by Gasteiger charge is -2.17. The summed E-state index contributed by atoms with van der Waals surface area (Å²) >= 11 is 6.20. The molecule has 1 aromatic heterocycles. The van der Waals surface area contributed by atoms with Crippen LogP contribution in [0.4, 0.5) is 5.82 Å². The number of hydrogen-bond donors (Lipinski definition) is 0. The number of rotatable bonds is 6. The van der Waals surface area contributed by atoms with Gasteiger partial charge in [-0.3, -0.25) is 0 Å². The van der Waals surface area contributed by atoms with Crippen molar-refractivity contribution < 1.29 is 14.1 Å². The zero-order chi connectivity index (χ0) is 21.0. The molecule has 0 spiro atoms. The average molecular weight is 413 g/mol. The quantitative estimate of drug-likeness (QED) is 0.240. The number of benzene rings is 1. The fourth-order valence-corrected chi connectivity index (χ4v) is 2.89. The summed E-state index contributed by atoms with van der Waals surface area (Å²) in [5, 5.41) is 0.569. The van der Waals surface area contributed by atoms with Gasteiger partial charge in [0.25, 0.3) is 0 Å². The smallest absolute Gasteiger partial charge is 0.365 e. The third-order valence-electron chi connectivity index (χ3n) is 4.14. The van der Waals surface area contributed by atoms with E-state index in [9.17, 15) is 4.79 Å². The first-order valence-corrected chi connectivity index (χ1v) is 9.39. The van der Waals surface area contributed by atoms with Gasteiger partial charge in [-0.25, -0.2) is 14.4 Å². The molecule has 7 nitrogen and oxygen atoms in total. The fourth-order valence-electron chi connectivity index (χ4n) is 2.71. The van der Waals surface area contributed by atoms with Crippen LogP contribution in [-0.2, 0) is 16.1 Å². The van der Waals surface area contributed by atoms with Gasteiger partial charge in [-0.15, -0.1) is 0 Å². The maximum Gasteiger partial charge on any atom is 0.365 e. The second-order valence-corrected chi connectivity index (χ2v) is 7.34. The van der Waals surface area contributed by atoms with E-state index in [0.29, 0.717) is 29.0 Å². The number of esters is 1. The number of carbonyl (C=O) groups excluding carboxylic acids is 1. The minimum atomic E-state index is -0.478. The van der Waals surface area contributed by atoms with E-state index >= 15 is 0 Å². The maximum absolute atomic E-state index is 12.6. The Morgan fingerprint density at radius 1 is 1.17 bits per heavy atom. The molecule has 1 aromatic carbocycles. The van der Waals surface area contributed by atoms with Gasteiger partial charge in [0.2, 0.25) is 12.2 Å². The van der Waals surface area contributed by atoms with Gasteiger partial charge in [0.05, 0.1) is 10.7 Å². The molecule has 150 valence electrons. The highest BCUT2D eigenvalue weighted by atomic mass is 35.5. The summed E-state index contributed by atoms with van der Waals surface area (Å²) in [6.07, 6.45) is 3.48. The Labute approximate surface area is 175 Å². The summed E-state index contributed by atoms with van der Waals surface area (Å²) in [6, 6.07) is 12.9. The van der Waals surface area contributed by atoms with Gasteiger partial charge in [0, 0.05) is 39.8 Å². The molecule has 8 heteroatoms. The van der Waals surface area contributed by atoms with E-state index in [2.05, 4.69) is 9.98 Å². The lowest BCUT2D eigenvalue weighted by molar-refractivity contribution is -0.677. The molecular weight excluding hydrogens is 390 g/mol. The second kappa shape index (κ2) is 8.87. The number of carbonyl (C=O) groups is 1. The van der Waals surface area contributed by atoms with E-state index < -0.39 is 5.97 Å². The van der Waals surface area contributed by atoms with Gasteiger partial charge in [-0.1, -0.05) is 29.8 Å². The van der Waals surface area contributed by atoms with Crippen LogP contribution in [0, 0.1) is 0 Å². The molecule has 0 saturated heterocycles. The molecule has 29 heavy (non-hydrogen) atoms. The van der Waals surface area contributed by atoms with Crippen LogP contribution in [0.25, 0.3) is 0 Å². The predicted molar refractivity (Wildman–Crippen MR) is 113 cm³/mol. The molecule has 0 N–H and O–H groups in total. The van der Waals surface area contributed by atoms with Crippen molar-refractivity contribution in [3.05, 3.63) is 70.6 Å². The van der Waals surface area contributed by atoms with Crippen molar-refractivity contribution in [2.24, 2.45) is 9.98 Å². The van der Waals surface area contributed by atoms with E-state index in [0.717, 1.165) is 5.56 Å². The van der Waals surface area contributed by atoms with Gasteiger partial charge >= 0.3 is 11.8 Å². The number of halogens is 1. The molecule has 1 aliphatic rings. The lowest BCUT2D eigenvalue weighted by atomic mass is 10.2. The molecule has 2 aromatic rings. The average Bonchev–Trinajstić information content (AvgIpc) is 3.07. The van der Waals surface area contributed by atoms with Crippen molar-refractivity contribution in [3.63, 3.8) is 0 Å². The Hall–Kier alpha value is -3.19. The monoisotopic (exact) mass is 412 g/mol. The number of aliphatic imine (C=N–C) groups is 2. The molecule has 0 saturated carbocycles. The zero-order valence-corrected chi connectivity index (χ0v) is 17.6. The fraction of sp³-hybridized carbons (Fsp3) is 0.238. The first kappa shape index (κ1) is 20.5. The third-order valence-corrected chi connectivity index (χ3v) is 4.36. The second-order valence-electron chi connectivity index (χ2n) is 6.90. The van der Waals surface area contributed by atoms with Crippen molar-refractivity contribution in [3.8, 4) is 0 Å². The summed E-state index contributed by atoms with van der Waals surface area (Å²) in [7, 11) is 7.51. The minimum Gasteiger partial charge on any atom is -0.402 e. The molecule has 0 amide bonds. The van der Waals surface area contributed by atoms with Gasteiger partial charge in [0.15, 0.2) is 5.70 Å². The van der Waals surface area contributed by atoms with E-state index in [1.165, 1.54) is 0 Å².